The zero-order valence-corrected chi connectivity index (χ0v) is 24.7. The van der Waals surface area contributed by atoms with Gasteiger partial charge in [0.05, 0.1) is 17.0 Å². The Morgan fingerprint density at radius 2 is 2.00 bits per heavy atom. The Kier molecular flexibility index (Phi) is 10.2. The summed E-state index contributed by atoms with van der Waals surface area (Å²) in [5.41, 5.74) is 8.32. The monoisotopic (exact) mass is 611 g/mol. The van der Waals surface area contributed by atoms with E-state index in [9.17, 15) is 18.0 Å². The second-order valence-corrected chi connectivity index (χ2v) is 10.6. The highest BCUT2D eigenvalue weighted by Gasteiger charge is 2.36. The van der Waals surface area contributed by atoms with Crippen molar-refractivity contribution >= 4 is 40.9 Å². The van der Waals surface area contributed by atoms with Gasteiger partial charge in [-0.3, -0.25) is 4.99 Å². The molecule has 1 unspecified atom stereocenters. The highest BCUT2D eigenvalue weighted by atomic mass is 32.2. The topological polar surface area (TPSA) is 110 Å². The highest BCUT2D eigenvalue weighted by Crippen LogP contribution is 2.44. The Morgan fingerprint density at radius 1 is 1.21 bits per heavy atom. The van der Waals surface area contributed by atoms with Crippen LogP contribution in [0, 0.1) is 17.5 Å². The second kappa shape index (κ2) is 13.8. The Balaban J connectivity index is 0.00000207. The van der Waals surface area contributed by atoms with Crippen LogP contribution >= 0.6 is 11.8 Å². The molecule has 1 aromatic heterocycles. The molecule has 1 atom stereocenters. The van der Waals surface area contributed by atoms with Crippen LogP contribution in [0.25, 0.3) is 10.9 Å². The number of thioether (sulfide) groups is 1. The average molecular weight is 612 g/mol. The van der Waals surface area contributed by atoms with Crippen LogP contribution in [0.1, 0.15) is 30.9 Å². The Bertz CT molecular complexity index is 1690. The number of nitrogens with zero attached hydrogens (tertiary/aromatic N) is 1. The molecular formula is C32H32F3N3O4S. The number of aliphatic hydroxyl groups excluding tert-OH is 1. The third-order valence-corrected chi connectivity index (χ3v) is 8.14. The molecular weight excluding hydrogens is 579 g/mol. The summed E-state index contributed by atoms with van der Waals surface area (Å²) in [7, 11) is 1.00. The summed E-state index contributed by atoms with van der Waals surface area (Å²) in [4.78, 5) is 18.2. The first-order valence-corrected chi connectivity index (χ1v) is 14.6. The molecule has 2 heterocycles. The summed E-state index contributed by atoms with van der Waals surface area (Å²) >= 11 is 1.21. The van der Waals surface area contributed by atoms with Crippen molar-refractivity contribution in [2.75, 3.05) is 20.0 Å². The molecule has 226 valence electrons. The van der Waals surface area contributed by atoms with Gasteiger partial charge in [0.1, 0.15) is 29.3 Å². The van der Waals surface area contributed by atoms with Gasteiger partial charge in [-0.05, 0) is 55.9 Å². The van der Waals surface area contributed by atoms with Gasteiger partial charge < -0.3 is 30.1 Å². The van der Waals surface area contributed by atoms with Gasteiger partial charge in [0, 0.05) is 54.1 Å². The highest BCUT2D eigenvalue weighted by molar-refractivity contribution is 7.99. The van der Waals surface area contributed by atoms with Crippen molar-refractivity contribution in [1.82, 2.24) is 4.98 Å². The maximum absolute atomic E-state index is 14.9. The lowest BCUT2D eigenvalue weighted by atomic mass is 9.74. The molecule has 11 heteroatoms. The van der Waals surface area contributed by atoms with Crippen molar-refractivity contribution in [3.05, 3.63) is 89.0 Å². The van der Waals surface area contributed by atoms with Crippen LogP contribution in [0.15, 0.2) is 70.3 Å². The van der Waals surface area contributed by atoms with E-state index in [1.54, 1.807) is 18.4 Å². The fraction of sp³-hybridized carbons (Fsp3) is 0.250. The summed E-state index contributed by atoms with van der Waals surface area (Å²) < 4.78 is 55.9. The third-order valence-electron chi connectivity index (χ3n) is 7.33. The second-order valence-electron chi connectivity index (χ2n) is 9.80. The number of hydrogen-bond acceptors (Lipinski definition) is 7. The summed E-state index contributed by atoms with van der Waals surface area (Å²) in [6, 6.07) is 11.2. The first-order valence-electron chi connectivity index (χ1n) is 13.4. The Hall–Kier alpha value is -4.22. The van der Waals surface area contributed by atoms with Crippen LogP contribution in [0.3, 0.4) is 0 Å². The molecule has 4 N–H and O–H groups in total. The van der Waals surface area contributed by atoms with E-state index in [-0.39, 0.29) is 22.7 Å². The quantitative estimate of drug-likeness (QED) is 0.106. The van der Waals surface area contributed by atoms with E-state index in [0.29, 0.717) is 41.8 Å². The fourth-order valence-corrected chi connectivity index (χ4v) is 5.72. The first-order chi connectivity index (χ1) is 20.8. The van der Waals surface area contributed by atoms with Crippen molar-refractivity contribution in [2.45, 2.75) is 36.5 Å². The molecule has 4 aromatic rings. The number of aliphatic imine (C=N–C) groups is 1. The molecule has 1 aliphatic rings. The fourth-order valence-electron chi connectivity index (χ4n) is 5.01. The van der Waals surface area contributed by atoms with Gasteiger partial charge in [-0.15, -0.1) is 11.8 Å². The number of aromatic nitrogens is 1. The number of carbonyl (C=O) groups is 1. The van der Waals surface area contributed by atoms with Gasteiger partial charge in [0.15, 0.2) is 11.6 Å². The van der Waals surface area contributed by atoms with Crippen LogP contribution in [0.2, 0.25) is 0 Å². The number of para-hydroxylation sites is 1. The predicted molar refractivity (Wildman–Crippen MR) is 163 cm³/mol. The van der Waals surface area contributed by atoms with Crippen molar-refractivity contribution in [1.29, 1.82) is 0 Å². The van der Waals surface area contributed by atoms with Crippen molar-refractivity contribution in [3.63, 3.8) is 0 Å². The van der Waals surface area contributed by atoms with Crippen LogP contribution in [0.4, 0.5) is 18.9 Å². The SMILES string of the molecule is CO.CSc1c(Oc2ccc(F)c(N=C/C=C(\N)C3(C)CCOc4c(CCC=O)cccc43)c2)c(F)c(F)c2[nH]ccc12. The van der Waals surface area contributed by atoms with Crippen LogP contribution < -0.4 is 15.2 Å². The Morgan fingerprint density at radius 3 is 2.74 bits per heavy atom. The normalized spacial score (nSPS) is 16.4. The minimum Gasteiger partial charge on any atom is -0.493 e. The van der Waals surface area contributed by atoms with E-state index in [4.69, 9.17) is 20.3 Å². The Labute approximate surface area is 251 Å². The van der Waals surface area contributed by atoms with Gasteiger partial charge in [-0.1, -0.05) is 18.2 Å². The number of aldehydes is 1. The molecule has 0 aliphatic carbocycles. The molecule has 0 amide bonds. The van der Waals surface area contributed by atoms with Crippen molar-refractivity contribution in [3.8, 4) is 17.2 Å². The number of H-pyrrole nitrogens is 1. The number of aryl methyl sites for hydroxylation is 1. The van der Waals surface area contributed by atoms with E-state index in [2.05, 4.69) is 9.98 Å². The van der Waals surface area contributed by atoms with Gasteiger partial charge >= 0.3 is 0 Å². The lowest BCUT2D eigenvalue weighted by molar-refractivity contribution is -0.107. The number of rotatable bonds is 9. The van der Waals surface area contributed by atoms with E-state index in [1.807, 2.05) is 25.1 Å². The van der Waals surface area contributed by atoms with Crippen molar-refractivity contribution in [2.24, 2.45) is 10.7 Å². The molecule has 5 rings (SSSR count). The largest absolute Gasteiger partial charge is 0.493 e. The summed E-state index contributed by atoms with van der Waals surface area (Å²) in [6.07, 6.45) is 8.72. The number of carbonyl (C=O) groups excluding carboxylic acids is 1. The number of aromatic amines is 1. The maximum atomic E-state index is 14.9. The van der Waals surface area contributed by atoms with Crippen LogP contribution in [-0.2, 0) is 16.6 Å². The number of aliphatic hydroxyl groups is 1. The van der Waals surface area contributed by atoms with Crippen LogP contribution in [0.5, 0.6) is 17.2 Å². The lowest BCUT2D eigenvalue weighted by Crippen LogP contribution is -2.35. The molecule has 0 saturated carbocycles. The number of allylic oxidation sites excluding steroid dienone is 2. The molecule has 0 saturated heterocycles. The molecule has 0 bridgehead atoms. The number of benzene rings is 3. The number of ether oxygens (including phenoxy) is 2. The number of nitrogens with one attached hydrogen (secondary N) is 1. The van der Waals surface area contributed by atoms with Gasteiger partial charge in [0.2, 0.25) is 5.82 Å². The standard InChI is InChI=1S/C31H28F3N3O3S.CH4O/c1-31(12-16-39-28-18(6-4-15-38)5-3-7-21(28)31)24(35)11-14-36-23-17-19(8-9-22(23)32)40-29-26(34)25(33)27-20(10-13-37-27)30(29)41-2;1-2/h3,5,7-11,13-15,17,37H,4,6,12,16,35H2,1-2H3;2H,1H3/b24-11-,36-14?;. The summed E-state index contributed by atoms with van der Waals surface area (Å²) in [5, 5.41) is 7.48. The number of nitrogens with two attached hydrogens (primary N) is 1. The van der Waals surface area contributed by atoms with E-state index < -0.39 is 22.9 Å². The van der Waals surface area contributed by atoms with Gasteiger partial charge in [-0.2, -0.15) is 4.39 Å². The summed E-state index contributed by atoms with van der Waals surface area (Å²) in [6.45, 7) is 2.45. The molecule has 1 aliphatic heterocycles. The molecule has 0 fully saturated rings. The number of fused-ring (bicyclic) bond motifs is 2. The molecule has 0 radical (unpaired) electrons. The minimum absolute atomic E-state index is 0.0472. The minimum atomic E-state index is -1.14. The van der Waals surface area contributed by atoms with E-state index >= 15 is 0 Å². The van der Waals surface area contributed by atoms with E-state index in [0.717, 1.165) is 36.3 Å². The van der Waals surface area contributed by atoms with Gasteiger partial charge in [-0.25, -0.2) is 8.78 Å². The number of hydrogen-bond donors (Lipinski definition) is 3. The average Bonchev–Trinajstić information content (AvgIpc) is 3.51. The third kappa shape index (κ3) is 6.28. The van der Waals surface area contributed by atoms with Crippen molar-refractivity contribution < 1.29 is 32.5 Å². The van der Waals surface area contributed by atoms with Gasteiger partial charge in [0.25, 0.3) is 0 Å². The zero-order chi connectivity index (χ0) is 31.1. The van der Waals surface area contributed by atoms with E-state index in [1.165, 1.54) is 36.3 Å². The molecule has 0 spiro atoms. The first kappa shape index (κ1) is 31.7. The summed E-state index contributed by atoms with van der Waals surface area (Å²) in [5.74, 6) is -2.29. The predicted octanol–water partition coefficient (Wildman–Crippen LogP) is 7.12. The number of halogens is 3. The molecule has 3 aromatic carbocycles. The zero-order valence-electron chi connectivity index (χ0n) is 23.9. The molecule has 43 heavy (non-hydrogen) atoms. The lowest BCUT2D eigenvalue weighted by Gasteiger charge is -2.37. The maximum Gasteiger partial charge on any atom is 0.204 e. The smallest absolute Gasteiger partial charge is 0.204 e. The molecule has 7 nitrogen and oxygen atoms in total. The van der Waals surface area contributed by atoms with Crippen LogP contribution in [-0.4, -0.2) is 42.6 Å².